The molecular formula is C13H9ClFNO5S. The van der Waals surface area contributed by atoms with Gasteiger partial charge in [0.25, 0.3) is 0 Å². The lowest BCUT2D eigenvalue weighted by Crippen LogP contribution is -2.00. The number of hydrogen-bond acceptors (Lipinski definition) is 5. The van der Waals surface area contributed by atoms with Gasteiger partial charge in [-0.3, -0.25) is 10.1 Å². The van der Waals surface area contributed by atoms with Crippen LogP contribution in [0.1, 0.15) is 0 Å². The van der Waals surface area contributed by atoms with Gasteiger partial charge >= 0.3 is 5.69 Å². The van der Waals surface area contributed by atoms with Crippen LogP contribution in [0.25, 0.3) is 0 Å². The maximum Gasteiger partial charge on any atom is 0.312 e. The molecule has 0 aliphatic carbocycles. The van der Waals surface area contributed by atoms with Gasteiger partial charge in [-0.2, -0.15) is 0 Å². The molecule has 0 unspecified atom stereocenters. The normalized spacial score (nSPS) is 11.2. The van der Waals surface area contributed by atoms with Crippen LogP contribution in [0, 0.1) is 15.9 Å². The molecule has 0 saturated heterocycles. The van der Waals surface area contributed by atoms with E-state index in [2.05, 4.69) is 0 Å². The van der Waals surface area contributed by atoms with Gasteiger partial charge in [0.05, 0.1) is 14.8 Å². The van der Waals surface area contributed by atoms with Gasteiger partial charge in [-0.15, -0.1) is 0 Å². The Morgan fingerprint density at radius 3 is 2.36 bits per heavy atom. The van der Waals surface area contributed by atoms with Crippen molar-refractivity contribution in [3.05, 3.63) is 57.4 Å². The number of nitro benzene ring substituents is 1. The summed E-state index contributed by atoms with van der Waals surface area (Å²) in [7, 11) is -3.60. The average molecular weight is 346 g/mol. The fourth-order valence-corrected chi connectivity index (χ4v) is 2.48. The third-order valence-corrected chi connectivity index (χ3v) is 4.07. The molecule has 0 N–H and O–H groups in total. The summed E-state index contributed by atoms with van der Waals surface area (Å²) in [5, 5.41) is 11.0. The molecule has 6 nitrogen and oxygen atoms in total. The summed E-state index contributed by atoms with van der Waals surface area (Å²) < 4.78 is 41.1. The molecule has 0 amide bonds. The predicted octanol–water partition coefficient (Wildman–Crippen LogP) is 3.58. The molecule has 116 valence electrons. The van der Waals surface area contributed by atoms with Crippen molar-refractivity contribution in [1.82, 2.24) is 0 Å². The lowest BCUT2D eigenvalue weighted by atomic mass is 10.3. The largest absolute Gasteiger partial charge is 0.449 e. The van der Waals surface area contributed by atoms with Crippen LogP contribution in [-0.2, 0) is 9.84 Å². The topological polar surface area (TPSA) is 86.5 Å². The van der Waals surface area contributed by atoms with Crippen molar-refractivity contribution in [2.45, 2.75) is 4.90 Å². The van der Waals surface area contributed by atoms with Gasteiger partial charge in [0.1, 0.15) is 11.6 Å². The maximum absolute atomic E-state index is 13.0. The molecule has 0 spiro atoms. The van der Waals surface area contributed by atoms with Crippen LogP contribution < -0.4 is 4.74 Å². The van der Waals surface area contributed by atoms with Crippen molar-refractivity contribution in [2.24, 2.45) is 0 Å². The number of nitrogens with zero attached hydrogens (tertiary/aromatic N) is 1. The third-order valence-electron chi connectivity index (χ3n) is 2.67. The molecule has 0 aliphatic heterocycles. The minimum atomic E-state index is -3.60. The monoisotopic (exact) mass is 345 g/mol. The second-order valence-electron chi connectivity index (χ2n) is 4.34. The Bertz CT molecular complexity index is 854. The molecule has 0 atom stereocenters. The van der Waals surface area contributed by atoms with Crippen LogP contribution in [0.3, 0.4) is 0 Å². The number of halogens is 2. The molecule has 2 rings (SSSR count). The summed E-state index contributed by atoms with van der Waals surface area (Å²) in [4.78, 5) is 10.1. The van der Waals surface area contributed by atoms with Gasteiger partial charge in [-0.25, -0.2) is 12.8 Å². The SMILES string of the molecule is CS(=O)(=O)c1ccc(Oc2ccc(F)cc2Cl)c([N+](=O)[O-])c1. The zero-order valence-corrected chi connectivity index (χ0v) is 12.7. The lowest BCUT2D eigenvalue weighted by Gasteiger charge is -2.09. The highest BCUT2D eigenvalue weighted by Gasteiger charge is 2.21. The van der Waals surface area contributed by atoms with Gasteiger partial charge in [-0.05, 0) is 30.3 Å². The van der Waals surface area contributed by atoms with Gasteiger partial charge in [-0.1, -0.05) is 11.6 Å². The summed E-state index contributed by atoms with van der Waals surface area (Å²) >= 11 is 5.78. The van der Waals surface area contributed by atoms with Crippen molar-refractivity contribution in [3.8, 4) is 11.5 Å². The fourth-order valence-electron chi connectivity index (χ4n) is 1.63. The summed E-state index contributed by atoms with van der Waals surface area (Å²) in [6.45, 7) is 0. The highest BCUT2D eigenvalue weighted by atomic mass is 35.5. The highest BCUT2D eigenvalue weighted by molar-refractivity contribution is 7.90. The Morgan fingerprint density at radius 1 is 1.18 bits per heavy atom. The van der Waals surface area contributed by atoms with Crippen molar-refractivity contribution in [1.29, 1.82) is 0 Å². The molecule has 0 radical (unpaired) electrons. The number of nitro groups is 1. The van der Waals surface area contributed by atoms with Crippen LogP contribution >= 0.6 is 11.6 Å². The van der Waals surface area contributed by atoms with E-state index in [0.29, 0.717) is 0 Å². The summed E-state index contributed by atoms with van der Waals surface area (Å²) in [6, 6.07) is 6.50. The van der Waals surface area contributed by atoms with Crippen LogP contribution in [0.15, 0.2) is 41.3 Å². The van der Waals surface area contributed by atoms with Gasteiger partial charge < -0.3 is 4.74 Å². The molecule has 0 saturated carbocycles. The van der Waals surface area contributed by atoms with E-state index >= 15 is 0 Å². The van der Waals surface area contributed by atoms with Crippen molar-refractivity contribution in [3.63, 3.8) is 0 Å². The molecule has 2 aromatic carbocycles. The molecule has 0 fully saturated rings. The first-order valence-corrected chi connectivity index (χ1v) is 8.07. The van der Waals surface area contributed by atoms with E-state index in [1.807, 2.05) is 0 Å². The molecule has 22 heavy (non-hydrogen) atoms. The minimum Gasteiger partial charge on any atom is -0.449 e. The lowest BCUT2D eigenvalue weighted by molar-refractivity contribution is -0.385. The Kier molecular flexibility index (Phi) is 4.34. The van der Waals surface area contributed by atoms with Crippen LogP contribution in [0.4, 0.5) is 10.1 Å². The minimum absolute atomic E-state index is 0.0123. The summed E-state index contributed by atoms with van der Waals surface area (Å²) in [5.41, 5.74) is -0.539. The number of rotatable bonds is 4. The molecule has 0 heterocycles. The molecule has 2 aromatic rings. The smallest absolute Gasteiger partial charge is 0.312 e. The first-order valence-electron chi connectivity index (χ1n) is 5.80. The van der Waals surface area contributed by atoms with Gasteiger partial charge in [0.15, 0.2) is 9.84 Å². The average Bonchev–Trinajstić information content (AvgIpc) is 2.40. The van der Waals surface area contributed by atoms with E-state index in [0.717, 1.165) is 30.5 Å². The van der Waals surface area contributed by atoms with E-state index in [1.54, 1.807) is 0 Å². The number of ether oxygens (including phenoxy) is 1. The maximum atomic E-state index is 13.0. The predicted molar refractivity (Wildman–Crippen MR) is 77.7 cm³/mol. The van der Waals surface area contributed by atoms with Crippen molar-refractivity contribution >= 4 is 27.1 Å². The second-order valence-corrected chi connectivity index (χ2v) is 6.76. The first-order chi connectivity index (χ1) is 10.2. The first kappa shape index (κ1) is 16.2. The van der Waals surface area contributed by atoms with E-state index in [4.69, 9.17) is 16.3 Å². The zero-order valence-electron chi connectivity index (χ0n) is 11.1. The standard InChI is InChI=1S/C13H9ClFNO5S/c1-22(19,20)9-3-5-13(11(7-9)16(17)18)21-12-4-2-8(15)6-10(12)14/h2-7H,1H3. The Balaban J connectivity index is 2.49. The molecule has 0 aromatic heterocycles. The van der Waals surface area contributed by atoms with E-state index < -0.39 is 26.3 Å². The van der Waals surface area contributed by atoms with E-state index in [9.17, 15) is 22.9 Å². The summed E-state index contributed by atoms with van der Waals surface area (Å²) in [5.74, 6) is -0.775. The fraction of sp³-hybridized carbons (Fsp3) is 0.0769. The van der Waals surface area contributed by atoms with Gasteiger partial charge in [0.2, 0.25) is 5.75 Å². The number of benzene rings is 2. The second kappa shape index (κ2) is 5.90. The van der Waals surface area contributed by atoms with Crippen LogP contribution in [-0.4, -0.2) is 19.6 Å². The van der Waals surface area contributed by atoms with Gasteiger partial charge in [0, 0.05) is 12.3 Å². The Morgan fingerprint density at radius 2 is 1.82 bits per heavy atom. The van der Waals surface area contributed by atoms with Crippen LogP contribution in [0.5, 0.6) is 11.5 Å². The molecule has 0 bridgehead atoms. The Hall–Kier alpha value is -2.19. The quantitative estimate of drug-likeness (QED) is 0.624. The number of hydrogen-bond donors (Lipinski definition) is 0. The summed E-state index contributed by atoms with van der Waals surface area (Å²) in [6.07, 6.45) is 0.934. The molecular weight excluding hydrogens is 337 g/mol. The van der Waals surface area contributed by atoms with Crippen LogP contribution in [0.2, 0.25) is 5.02 Å². The number of sulfone groups is 1. The highest BCUT2D eigenvalue weighted by Crippen LogP contribution is 2.36. The van der Waals surface area contributed by atoms with Crippen molar-refractivity contribution in [2.75, 3.05) is 6.26 Å². The molecule has 9 heteroatoms. The van der Waals surface area contributed by atoms with E-state index in [-0.39, 0.29) is 21.4 Å². The van der Waals surface area contributed by atoms with E-state index in [1.165, 1.54) is 12.1 Å². The van der Waals surface area contributed by atoms with Crippen molar-refractivity contribution < 1.29 is 22.5 Å². The zero-order chi connectivity index (χ0) is 16.5. The molecule has 0 aliphatic rings. The Labute approximate surface area is 130 Å². The third kappa shape index (κ3) is 3.52.